The van der Waals surface area contributed by atoms with E-state index in [0.29, 0.717) is 58.7 Å². The van der Waals surface area contributed by atoms with E-state index in [1.54, 1.807) is 42.2 Å². The second-order valence-corrected chi connectivity index (χ2v) is 11.5. The fraction of sp³-hybridized carbons (Fsp3) is 0.214. The number of nitrogens with one attached hydrogen (secondary N) is 1. The van der Waals surface area contributed by atoms with Gasteiger partial charge in [0.2, 0.25) is 0 Å². The third-order valence-electron chi connectivity index (χ3n) is 6.54. The fourth-order valence-corrected chi connectivity index (χ4v) is 7.30. The van der Waals surface area contributed by atoms with Crippen LogP contribution in [0.4, 0.5) is 9.80 Å². The number of aromatic nitrogens is 2. The SMILES string of the molecule is CCOC(=O)N1CCc2c(sc(NC(=O)c3c(-c4ccccc4Cl)noc3C)c2-c2nc3ccccc3s2)C1. The number of thiophene rings is 1. The van der Waals surface area contributed by atoms with Gasteiger partial charge in [-0.2, -0.15) is 0 Å². The van der Waals surface area contributed by atoms with E-state index in [1.165, 1.54) is 11.3 Å². The number of benzene rings is 2. The first-order chi connectivity index (χ1) is 18.9. The Morgan fingerprint density at radius 3 is 2.74 bits per heavy atom. The van der Waals surface area contributed by atoms with E-state index in [2.05, 4.69) is 10.5 Å². The molecule has 1 aliphatic rings. The molecule has 8 nitrogen and oxygen atoms in total. The van der Waals surface area contributed by atoms with Gasteiger partial charge in [0.1, 0.15) is 27.0 Å². The monoisotopic (exact) mass is 578 g/mol. The molecule has 0 atom stereocenters. The number of nitrogens with zero attached hydrogens (tertiary/aromatic N) is 3. The van der Waals surface area contributed by atoms with Gasteiger partial charge in [0.05, 0.1) is 28.4 Å². The number of thiazole rings is 1. The summed E-state index contributed by atoms with van der Waals surface area (Å²) in [6, 6.07) is 15.2. The van der Waals surface area contributed by atoms with E-state index in [9.17, 15) is 9.59 Å². The Morgan fingerprint density at radius 2 is 1.95 bits per heavy atom. The topological polar surface area (TPSA) is 97.6 Å². The Balaban J connectivity index is 1.42. The molecule has 4 heterocycles. The Morgan fingerprint density at radius 1 is 1.15 bits per heavy atom. The highest BCUT2D eigenvalue weighted by atomic mass is 35.5. The fourth-order valence-electron chi connectivity index (χ4n) is 4.71. The van der Waals surface area contributed by atoms with Crippen LogP contribution in [0.25, 0.3) is 32.0 Å². The van der Waals surface area contributed by atoms with Gasteiger partial charge in [-0.05, 0) is 44.0 Å². The van der Waals surface area contributed by atoms with E-state index >= 15 is 0 Å². The largest absolute Gasteiger partial charge is 0.450 e. The highest BCUT2D eigenvalue weighted by molar-refractivity contribution is 7.23. The van der Waals surface area contributed by atoms with Crippen molar-refractivity contribution in [1.29, 1.82) is 0 Å². The van der Waals surface area contributed by atoms with Crippen molar-refractivity contribution in [2.45, 2.75) is 26.8 Å². The summed E-state index contributed by atoms with van der Waals surface area (Å²) in [6.45, 7) is 4.74. The summed E-state index contributed by atoms with van der Waals surface area (Å²) in [5.74, 6) is 0.0330. The van der Waals surface area contributed by atoms with Gasteiger partial charge in [0.15, 0.2) is 0 Å². The first-order valence-electron chi connectivity index (χ1n) is 12.4. The summed E-state index contributed by atoms with van der Waals surface area (Å²) in [6.07, 6.45) is 0.288. The number of hydrogen-bond acceptors (Lipinski definition) is 8. The van der Waals surface area contributed by atoms with E-state index in [0.717, 1.165) is 31.2 Å². The molecular weight excluding hydrogens is 556 g/mol. The number of amides is 2. The van der Waals surface area contributed by atoms with Crippen LogP contribution in [0.2, 0.25) is 5.02 Å². The zero-order chi connectivity index (χ0) is 27.1. The number of rotatable bonds is 5. The molecule has 1 aliphatic heterocycles. The number of carbonyl (C=O) groups excluding carboxylic acids is 2. The summed E-state index contributed by atoms with van der Waals surface area (Å²) in [5.41, 5.74) is 4.19. The molecule has 0 fully saturated rings. The molecule has 0 bridgehead atoms. The molecule has 6 rings (SSSR count). The number of para-hydroxylation sites is 1. The van der Waals surface area contributed by atoms with Crippen LogP contribution < -0.4 is 5.32 Å². The molecule has 0 radical (unpaired) electrons. The van der Waals surface area contributed by atoms with Crippen molar-refractivity contribution in [1.82, 2.24) is 15.0 Å². The lowest BCUT2D eigenvalue weighted by molar-refractivity contribution is 0.102. The van der Waals surface area contributed by atoms with E-state index in [1.807, 2.05) is 36.4 Å². The Bertz CT molecular complexity index is 1690. The van der Waals surface area contributed by atoms with Crippen LogP contribution in [0.1, 0.15) is 33.5 Å². The first-order valence-corrected chi connectivity index (χ1v) is 14.4. The van der Waals surface area contributed by atoms with Crippen molar-refractivity contribution < 1.29 is 18.8 Å². The molecular formula is C28H23ClN4O4S2. The molecule has 2 amide bonds. The number of fused-ring (bicyclic) bond motifs is 2. The Kier molecular flexibility index (Phi) is 6.84. The summed E-state index contributed by atoms with van der Waals surface area (Å²) >= 11 is 9.45. The minimum Gasteiger partial charge on any atom is -0.450 e. The van der Waals surface area contributed by atoms with Crippen LogP contribution in [-0.2, 0) is 17.7 Å². The van der Waals surface area contributed by atoms with Gasteiger partial charge < -0.3 is 19.5 Å². The van der Waals surface area contributed by atoms with Gasteiger partial charge in [-0.15, -0.1) is 22.7 Å². The van der Waals surface area contributed by atoms with Crippen molar-refractivity contribution in [3.63, 3.8) is 0 Å². The van der Waals surface area contributed by atoms with Crippen molar-refractivity contribution >= 4 is 61.5 Å². The lowest BCUT2D eigenvalue weighted by Crippen LogP contribution is -2.35. The molecule has 0 spiro atoms. The lowest BCUT2D eigenvalue weighted by Gasteiger charge is -2.26. The number of ether oxygens (including phenoxy) is 1. The molecule has 0 aliphatic carbocycles. The molecule has 39 heavy (non-hydrogen) atoms. The predicted octanol–water partition coefficient (Wildman–Crippen LogP) is 7.41. The highest BCUT2D eigenvalue weighted by Gasteiger charge is 2.31. The number of anilines is 1. The predicted molar refractivity (Wildman–Crippen MR) is 154 cm³/mol. The van der Waals surface area contributed by atoms with Gasteiger partial charge in [-0.3, -0.25) is 4.79 Å². The smallest absolute Gasteiger partial charge is 0.410 e. The zero-order valence-electron chi connectivity index (χ0n) is 21.1. The van der Waals surface area contributed by atoms with E-state index in [-0.39, 0.29) is 12.0 Å². The minimum atomic E-state index is -0.355. The van der Waals surface area contributed by atoms with Crippen LogP contribution in [0.15, 0.2) is 53.1 Å². The maximum Gasteiger partial charge on any atom is 0.410 e. The maximum absolute atomic E-state index is 13.8. The third-order valence-corrected chi connectivity index (χ3v) is 9.05. The minimum absolute atomic E-state index is 0.316. The van der Waals surface area contributed by atoms with Crippen molar-refractivity contribution in [3.8, 4) is 21.8 Å². The number of carbonyl (C=O) groups is 2. The molecule has 0 saturated heterocycles. The summed E-state index contributed by atoms with van der Waals surface area (Å²) in [5, 5.41) is 9.23. The third kappa shape index (κ3) is 4.69. The molecule has 0 saturated carbocycles. The quantitative estimate of drug-likeness (QED) is 0.233. The molecule has 198 valence electrons. The van der Waals surface area contributed by atoms with Crippen molar-refractivity contribution in [2.75, 3.05) is 18.5 Å². The Labute approximate surface area is 237 Å². The van der Waals surface area contributed by atoms with Crippen molar-refractivity contribution in [3.05, 3.63) is 75.3 Å². The lowest BCUT2D eigenvalue weighted by atomic mass is 10.0. The molecule has 0 unspecified atom stereocenters. The van der Waals surface area contributed by atoms with Crippen molar-refractivity contribution in [2.24, 2.45) is 0 Å². The van der Waals surface area contributed by atoms with Crippen LogP contribution >= 0.6 is 34.3 Å². The van der Waals surface area contributed by atoms with E-state index < -0.39 is 0 Å². The molecule has 1 N–H and O–H groups in total. The molecule has 11 heteroatoms. The number of aryl methyl sites for hydroxylation is 1. The van der Waals surface area contributed by atoms with Gasteiger partial charge in [0.25, 0.3) is 5.91 Å². The average molecular weight is 579 g/mol. The van der Waals surface area contributed by atoms with Crippen LogP contribution in [0.3, 0.4) is 0 Å². The average Bonchev–Trinajstić information content (AvgIpc) is 3.62. The van der Waals surface area contributed by atoms with E-state index in [4.69, 9.17) is 25.8 Å². The van der Waals surface area contributed by atoms with Crippen LogP contribution in [0.5, 0.6) is 0 Å². The summed E-state index contributed by atoms with van der Waals surface area (Å²) in [7, 11) is 0. The second kappa shape index (κ2) is 10.4. The number of hydrogen-bond donors (Lipinski definition) is 1. The normalized spacial score (nSPS) is 12.9. The van der Waals surface area contributed by atoms with Crippen LogP contribution in [-0.4, -0.2) is 40.2 Å². The first kappa shape index (κ1) is 25.5. The standard InChI is InChI=1S/C28H23ClN4O4S2/c1-3-36-28(35)33-13-12-17-21(14-33)39-27(23(17)26-30-19-10-6-7-11-20(19)38-26)31-25(34)22-15(2)37-32-24(22)16-8-4-5-9-18(16)29/h4-11H,3,12-14H2,1-2H3,(H,31,34). The van der Waals surface area contributed by atoms with Gasteiger partial charge in [-0.1, -0.05) is 47.1 Å². The second-order valence-electron chi connectivity index (χ2n) is 8.96. The summed E-state index contributed by atoms with van der Waals surface area (Å²) in [4.78, 5) is 33.8. The molecule has 5 aromatic rings. The zero-order valence-corrected chi connectivity index (χ0v) is 23.5. The Hall–Kier alpha value is -3.73. The molecule has 3 aromatic heterocycles. The number of halogens is 1. The molecule has 2 aromatic carbocycles. The van der Waals surface area contributed by atoms with Gasteiger partial charge in [-0.25, -0.2) is 9.78 Å². The maximum atomic E-state index is 13.8. The highest BCUT2D eigenvalue weighted by Crippen LogP contribution is 2.46. The van der Waals surface area contributed by atoms with Gasteiger partial charge in [0, 0.05) is 22.5 Å². The van der Waals surface area contributed by atoms with Gasteiger partial charge >= 0.3 is 6.09 Å². The summed E-state index contributed by atoms with van der Waals surface area (Å²) < 4.78 is 11.7. The van der Waals surface area contributed by atoms with Crippen LogP contribution in [0, 0.1) is 6.92 Å².